The van der Waals surface area contributed by atoms with Crippen LogP contribution in [0.2, 0.25) is 0 Å². The van der Waals surface area contributed by atoms with Crippen molar-refractivity contribution in [2.75, 3.05) is 10.6 Å². The van der Waals surface area contributed by atoms with Crippen LogP contribution < -0.4 is 10.6 Å². The molecule has 3 aromatic carbocycles. The number of fused-ring (bicyclic) bond motifs is 1. The molecule has 28 heavy (non-hydrogen) atoms. The molecule has 0 atom stereocenters. The van der Waals surface area contributed by atoms with Gasteiger partial charge in [-0.25, -0.2) is 9.97 Å². The highest BCUT2D eigenvalue weighted by molar-refractivity contribution is 9.10. The van der Waals surface area contributed by atoms with Crippen molar-refractivity contribution in [1.82, 2.24) is 9.97 Å². The number of hydrogen-bond donors (Lipinski definition) is 2. The molecule has 4 rings (SSSR count). The Kier molecular flexibility index (Phi) is 4.86. The molecule has 7 nitrogen and oxygen atoms in total. The SMILES string of the molecule is O=[N+]([O-])c1c(Nc2cccc(Br)c2)ncnc1Nc1cccc2ccccc12. The van der Waals surface area contributed by atoms with E-state index in [0.717, 1.165) is 20.9 Å². The maximum Gasteiger partial charge on any atom is 0.353 e. The summed E-state index contributed by atoms with van der Waals surface area (Å²) >= 11 is 3.39. The third-order valence-corrected chi connectivity index (χ3v) is 4.63. The molecule has 0 aliphatic carbocycles. The van der Waals surface area contributed by atoms with Gasteiger partial charge in [0.25, 0.3) is 0 Å². The molecule has 138 valence electrons. The summed E-state index contributed by atoms with van der Waals surface area (Å²) in [5.41, 5.74) is 1.18. The van der Waals surface area contributed by atoms with Crippen LogP contribution in [0.5, 0.6) is 0 Å². The van der Waals surface area contributed by atoms with Gasteiger partial charge in [-0.05, 0) is 29.7 Å². The fraction of sp³-hybridized carbons (Fsp3) is 0. The van der Waals surface area contributed by atoms with E-state index in [4.69, 9.17) is 0 Å². The fourth-order valence-electron chi connectivity index (χ4n) is 2.90. The minimum atomic E-state index is -0.492. The van der Waals surface area contributed by atoms with Crippen molar-refractivity contribution in [2.45, 2.75) is 0 Å². The van der Waals surface area contributed by atoms with Crippen molar-refractivity contribution in [2.24, 2.45) is 0 Å². The number of nitrogens with one attached hydrogen (secondary N) is 2. The largest absolute Gasteiger partial charge is 0.353 e. The third kappa shape index (κ3) is 3.63. The number of halogens is 1. The van der Waals surface area contributed by atoms with Crippen molar-refractivity contribution in [1.29, 1.82) is 0 Å². The Labute approximate surface area is 168 Å². The summed E-state index contributed by atoms with van der Waals surface area (Å²) in [4.78, 5) is 19.5. The van der Waals surface area contributed by atoms with Gasteiger partial charge < -0.3 is 10.6 Å². The molecule has 0 aliphatic rings. The number of nitro groups is 1. The van der Waals surface area contributed by atoms with Crippen LogP contribution in [-0.2, 0) is 0 Å². The summed E-state index contributed by atoms with van der Waals surface area (Å²) in [7, 11) is 0. The summed E-state index contributed by atoms with van der Waals surface area (Å²) in [6, 6.07) is 20.8. The molecular formula is C20H14BrN5O2. The van der Waals surface area contributed by atoms with E-state index in [1.165, 1.54) is 6.33 Å². The lowest BCUT2D eigenvalue weighted by atomic mass is 10.1. The molecule has 0 amide bonds. The zero-order valence-corrected chi connectivity index (χ0v) is 16.1. The number of benzene rings is 3. The van der Waals surface area contributed by atoms with Crippen LogP contribution in [0.4, 0.5) is 28.7 Å². The van der Waals surface area contributed by atoms with E-state index >= 15 is 0 Å². The Hall–Kier alpha value is -3.52. The van der Waals surface area contributed by atoms with Crippen molar-refractivity contribution in [3.63, 3.8) is 0 Å². The van der Waals surface area contributed by atoms with Gasteiger partial charge in [0.05, 0.1) is 4.92 Å². The molecule has 0 aliphatic heterocycles. The molecule has 0 radical (unpaired) electrons. The summed E-state index contributed by atoms with van der Waals surface area (Å²) in [5.74, 6) is 0.231. The number of rotatable bonds is 5. The minimum absolute atomic E-state index is 0.112. The van der Waals surface area contributed by atoms with Crippen molar-refractivity contribution in [3.05, 3.63) is 87.6 Å². The predicted molar refractivity (Wildman–Crippen MR) is 113 cm³/mol. The highest BCUT2D eigenvalue weighted by Gasteiger charge is 2.23. The molecule has 2 N–H and O–H groups in total. The standard InChI is InChI=1S/C20H14BrN5O2/c21-14-7-4-8-15(11-14)24-19-18(26(27)28)20(23-12-22-19)25-17-10-3-6-13-5-1-2-9-16(13)17/h1-12H,(H2,22,23,24,25). The van der Waals surface area contributed by atoms with E-state index in [1.807, 2.05) is 60.7 Å². The fourth-order valence-corrected chi connectivity index (χ4v) is 3.30. The van der Waals surface area contributed by atoms with Crippen molar-refractivity contribution >= 4 is 55.4 Å². The molecule has 0 unspecified atom stereocenters. The first-order valence-corrected chi connectivity index (χ1v) is 9.18. The molecule has 0 spiro atoms. The maximum absolute atomic E-state index is 11.8. The first-order valence-electron chi connectivity index (χ1n) is 8.38. The Morgan fingerprint density at radius 1 is 0.893 bits per heavy atom. The summed E-state index contributed by atoms with van der Waals surface area (Å²) in [6.07, 6.45) is 1.29. The quantitative estimate of drug-likeness (QED) is 0.304. The van der Waals surface area contributed by atoms with E-state index in [-0.39, 0.29) is 17.3 Å². The molecule has 1 aromatic heterocycles. The average Bonchev–Trinajstić information content (AvgIpc) is 2.68. The van der Waals surface area contributed by atoms with Gasteiger partial charge in [-0.1, -0.05) is 58.4 Å². The van der Waals surface area contributed by atoms with Crippen molar-refractivity contribution in [3.8, 4) is 0 Å². The monoisotopic (exact) mass is 435 g/mol. The number of hydrogen-bond acceptors (Lipinski definition) is 6. The number of aromatic nitrogens is 2. The summed E-state index contributed by atoms with van der Waals surface area (Å²) < 4.78 is 0.850. The van der Waals surface area contributed by atoms with E-state index in [0.29, 0.717) is 5.69 Å². The lowest BCUT2D eigenvalue weighted by molar-refractivity contribution is -0.383. The minimum Gasteiger partial charge on any atom is -0.334 e. The predicted octanol–water partition coefficient (Wildman–Crippen LogP) is 5.79. The Balaban J connectivity index is 1.76. The van der Waals surface area contributed by atoms with Crippen LogP contribution in [0.15, 0.2) is 77.5 Å². The van der Waals surface area contributed by atoms with Crippen LogP contribution in [0.25, 0.3) is 10.8 Å². The van der Waals surface area contributed by atoms with Gasteiger partial charge in [0.15, 0.2) is 0 Å². The van der Waals surface area contributed by atoms with Crippen LogP contribution in [0.1, 0.15) is 0 Å². The van der Waals surface area contributed by atoms with E-state index in [2.05, 4.69) is 36.5 Å². The highest BCUT2D eigenvalue weighted by Crippen LogP contribution is 2.35. The molecule has 0 bridgehead atoms. The summed E-state index contributed by atoms with van der Waals surface area (Å²) in [6.45, 7) is 0. The zero-order chi connectivity index (χ0) is 19.5. The van der Waals surface area contributed by atoms with E-state index in [9.17, 15) is 10.1 Å². The van der Waals surface area contributed by atoms with Crippen LogP contribution in [-0.4, -0.2) is 14.9 Å². The van der Waals surface area contributed by atoms with Crippen LogP contribution in [0, 0.1) is 10.1 Å². The maximum atomic E-state index is 11.8. The van der Waals surface area contributed by atoms with Crippen LogP contribution in [0.3, 0.4) is 0 Å². The Morgan fingerprint density at radius 2 is 1.61 bits per heavy atom. The molecule has 0 saturated heterocycles. The molecule has 4 aromatic rings. The Bertz CT molecular complexity index is 1180. The highest BCUT2D eigenvalue weighted by atomic mass is 79.9. The van der Waals surface area contributed by atoms with Gasteiger partial charge in [-0.2, -0.15) is 0 Å². The van der Waals surface area contributed by atoms with Gasteiger partial charge >= 0.3 is 5.69 Å². The lowest BCUT2D eigenvalue weighted by Crippen LogP contribution is -2.05. The topological polar surface area (TPSA) is 93.0 Å². The van der Waals surface area contributed by atoms with Gasteiger partial charge in [0.2, 0.25) is 11.6 Å². The Morgan fingerprint density at radius 3 is 2.39 bits per heavy atom. The van der Waals surface area contributed by atoms with Gasteiger partial charge in [0.1, 0.15) is 6.33 Å². The molecule has 8 heteroatoms. The second-order valence-corrected chi connectivity index (χ2v) is 6.88. The normalized spacial score (nSPS) is 10.6. The molecular weight excluding hydrogens is 422 g/mol. The number of nitrogens with zero attached hydrogens (tertiary/aromatic N) is 3. The number of anilines is 4. The first-order chi connectivity index (χ1) is 13.6. The molecule has 1 heterocycles. The lowest BCUT2D eigenvalue weighted by Gasteiger charge is -2.12. The van der Waals surface area contributed by atoms with Crippen LogP contribution >= 0.6 is 15.9 Å². The third-order valence-electron chi connectivity index (χ3n) is 4.13. The van der Waals surface area contributed by atoms with E-state index < -0.39 is 4.92 Å². The van der Waals surface area contributed by atoms with Gasteiger partial charge in [0, 0.05) is 21.2 Å². The van der Waals surface area contributed by atoms with Gasteiger partial charge in [-0.15, -0.1) is 0 Å². The molecule has 0 fully saturated rings. The molecule has 0 saturated carbocycles. The van der Waals surface area contributed by atoms with E-state index in [1.54, 1.807) is 6.07 Å². The first kappa shape index (κ1) is 17.9. The summed E-state index contributed by atoms with van der Waals surface area (Å²) in [5, 5.41) is 19.8. The zero-order valence-electron chi connectivity index (χ0n) is 14.5. The second kappa shape index (κ2) is 7.61. The average molecular weight is 436 g/mol. The van der Waals surface area contributed by atoms with Crippen molar-refractivity contribution < 1.29 is 4.92 Å². The smallest absolute Gasteiger partial charge is 0.334 e. The van der Waals surface area contributed by atoms with Gasteiger partial charge in [-0.3, -0.25) is 10.1 Å². The second-order valence-electron chi connectivity index (χ2n) is 5.96.